The largest absolute Gasteiger partial charge is 0.302 e. The maximum absolute atomic E-state index is 3.76. The summed E-state index contributed by atoms with van der Waals surface area (Å²) in [6, 6.07) is 14.0. The van der Waals surface area contributed by atoms with Crippen molar-refractivity contribution in [2.24, 2.45) is 5.92 Å². The number of thiophene rings is 1. The van der Waals surface area contributed by atoms with E-state index >= 15 is 0 Å². The predicted molar refractivity (Wildman–Crippen MR) is 84.6 cm³/mol. The van der Waals surface area contributed by atoms with Crippen LogP contribution in [0.2, 0.25) is 0 Å². The Morgan fingerprint density at radius 3 is 2.21 bits per heavy atom. The minimum atomic E-state index is 0.370. The number of nitrogens with one attached hydrogen (secondary N) is 1. The summed E-state index contributed by atoms with van der Waals surface area (Å²) in [5, 5.41) is 5.92. The van der Waals surface area contributed by atoms with Crippen molar-refractivity contribution >= 4 is 11.3 Å². The molecule has 2 heteroatoms. The Kier molecular flexibility index (Phi) is 4.78. The van der Waals surface area contributed by atoms with Crippen molar-refractivity contribution in [2.75, 3.05) is 0 Å². The second kappa shape index (κ2) is 6.36. The van der Waals surface area contributed by atoms with Crippen LogP contribution >= 0.6 is 11.3 Å². The van der Waals surface area contributed by atoms with Crippen LogP contribution in [0.1, 0.15) is 48.9 Å². The van der Waals surface area contributed by atoms with Gasteiger partial charge in [-0.05, 0) is 36.8 Å². The highest BCUT2D eigenvalue weighted by Crippen LogP contribution is 2.28. The molecule has 1 nitrogen and oxygen atoms in total. The van der Waals surface area contributed by atoms with Gasteiger partial charge in [0.1, 0.15) is 0 Å². The molecule has 0 fully saturated rings. The number of hydrogen-bond donors (Lipinski definition) is 1. The van der Waals surface area contributed by atoms with Gasteiger partial charge in [-0.2, -0.15) is 0 Å². The Morgan fingerprint density at radius 1 is 1.00 bits per heavy atom. The van der Waals surface area contributed by atoms with Crippen LogP contribution < -0.4 is 5.32 Å². The average Bonchev–Trinajstić information content (AvgIpc) is 2.89. The van der Waals surface area contributed by atoms with E-state index in [0.717, 1.165) is 0 Å². The summed E-state index contributed by atoms with van der Waals surface area (Å²) < 4.78 is 0. The molecule has 102 valence electrons. The molecule has 0 radical (unpaired) electrons. The Balaban J connectivity index is 2.11. The predicted octanol–water partition coefficient (Wildman–Crippen LogP) is 5.10. The normalized spacial score (nSPS) is 14.6. The van der Waals surface area contributed by atoms with E-state index < -0.39 is 0 Å². The third-order valence-electron chi connectivity index (χ3n) is 3.52. The molecule has 2 rings (SSSR count). The molecule has 0 aliphatic heterocycles. The van der Waals surface area contributed by atoms with E-state index in [0.29, 0.717) is 18.0 Å². The van der Waals surface area contributed by atoms with E-state index in [4.69, 9.17) is 0 Å². The van der Waals surface area contributed by atoms with E-state index in [-0.39, 0.29) is 0 Å². The molecule has 19 heavy (non-hydrogen) atoms. The van der Waals surface area contributed by atoms with Gasteiger partial charge >= 0.3 is 0 Å². The molecule has 1 aromatic carbocycles. The molecule has 0 aliphatic rings. The van der Waals surface area contributed by atoms with Crippen LogP contribution in [0.4, 0.5) is 0 Å². The van der Waals surface area contributed by atoms with E-state index in [1.165, 1.54) is 16.0 Å². The van der Waals surface area contributed by atoms with Crippen molar-refractivity contribution in [2.45, 2.75) is 39.8 Å². The second-order valence-corrected chi connectivity index (χ2v) is 6.52. The fourth-order valence-electron chi connectivity index (χ4n) is 2.29. The van der Waals surface area contributed by atoms with Gasteiger partial charge in [0.2, 0.25) is 0 Å². The fourth-order valence-corrected chi connectivity index (χ4v) is 3.25. The summed E-state index contributed by atoms with van der Waals surface area (Å²) in [7, 11) is 0. The first-order chi connectivity index (χ1) is 9.08. The molecule has 2 aromatic rings. The van der Waals surface area contributed by atoms with Gasteiger partial charge in [-0.1, -0.05) is 49.7 Å². The van der Waals surface area contributed by atoms with Gasteiger partial charge in [-0.25, -0.2) is 0 Å². The zero-order valence-corrected chi connectivity index (χ0v) is 13.0. The lowest BCUT2D eigenvalue weighted by Gasteiger charge is -2.26. The molecule has 0 spiro atoms. The van der Waals surface area contributed by atoms with Crippen molar-refractivity contribution in [1.82, 2.24) is 5.32 Å². The quantitative estimate of drug-likeness (QED) is 0.798. The highest BCUT2D eigenvalue weighted by Gasteiger charge is 2.19. The molecule has 1 unspecified atom stereocenters. The molecule has 2 atom stereocenters. The summed E-state index contributed by atoms with van der Waals surface area (Å²) in [5.41, 5.74) is 2.67. The first-order valence-corrected chi connectivity index (χ1v) is 7.82. The van der Waals surface area contributed by atoms with Crippen LogP contribution in [0, 0.1) is 12.8 Å². The third-order valence-corrected chi connectivity index (χ3v) is 4.48. The van der Waals surface area contributed by atoms with Gasteiger partial charge in [0.15, 0.2) is 0 Å². The zero-order chi connectivity index (χ0) is 13.8. The SMILES string of the molecule is Cc1ccc([C@H](C)NC(c2cccs2)C(C)C)cc1. The monoisotopic (exact) mass is 273 g/mol. The topological polar surface area (TPSA) is 12.0 Å². The zero-order valence-electron chi connectivity index (χ0n) is 12.2. The lowest BCUT2D eigenvalue weighted by Crippen LogP contribution is -2.27. The molecule has 1 heterocycles. The van der Waals surface area contributed by atoms with Gasteiger partial charge < -0.3 is 5.32 Å². The Hall–Kier alpha value is -1.12. The summed E-state index contributed by atoms with van der Waals surface area (Å²) in [5.74, 6) is 0.589. The van der Waals surface area contributed by atoms with Crippen LogP contribution in [0.5, 0.6) is 0 Å². The van der Waals surface area contributed by atoms with Crippen molar-refractivity contribution in [3.63, 3.8) is 0 Å². The van der Waals surface area contributed by atoms with E-state index in [1.807, 2.05) is 11.3 Å². The van der Waals surface area contributed by atoms with Crippen LogP contribution in [-0.4, -0.2) is 0 Å². The minimum Gasteiger partial charge on any atom is -0.302 e. The molecule has 0 saturated carbocycles. The second-order valence-electron chi connectivity index (χ2n) is 5.54. The highest BCUT2D eigenvalue weighted by atomic mass is 32.1. The fraction of sp³-hybridized carbons (Fsp3) is 0.412. The molecular formula is C17H23NS. The number of rotatable bonds is 5. The maximum Gasteiger partial charge on any atom is 0.0442 e. The minimum absolute atomic E-state index is 0.370. The molecule has 1 N–H and O–H groups in total. The first kappa shape index (κ1) is 14.3. The molecule has 0 aliphatic carbocycles. The van der Waals surface area contributed by atoms with Gasteiger partial charge in [-0.3, -0.25) is 0 Å². The van der Waals surface area contributed by atoms with Gasteiger partial charge in [0.25, 0.3) is 0 Å². The van der Waals surface area contributed by atoms with Crippen molar-refractivity contribution in [3.05, 3.63) is 57.8 Å². The van der Waals surface area contributed by atoms with Crippen molar-refractivity contribution in [1.29, 1.82) is 0 Å². The lowest BCUT2D eigenvalue weighted by atomic mass is 9.99. The van der Waals surface area contributed by atoms with E-state index in [1.54, 1.807) is 0 Å². The van der Waals surface area contributed by atoms with Crippen molar-refractivity contribution in [3.8, 4) is 0 Å². The summed E-state index contributed by atoms with van der Waals surface area (Å²) in [6.07, 6.45) is 0. The van der Waals surface area contributed by atoms with Gasteiger partial charge in [0.05, 0.1) is 0 Å². The molecule has 0 saturated heterocycles. The number of benzene rings is 1. The van der Waals surface area contributed by atoms with E-state index in [9.17, 15) is 0 Å². The van der Waals surface area contributed by atoms with E-state index in [2.05, 4.69) is 74.8 Å². The highest BCUT2D eigenvalue weighted by molar-refractivity contribution is 7.10. The van der Waals surface area contributed by atoms with Crippen molar-refractivity contribution < 1.29 is 0 Å². The standard InChI is InChI=1S/C17H23NS/c1-12(2)17(16-6-5-11-19-16)18-14(4)15-9-7-13(3)8-10-15/h5-12,14,17-18H,1-4H3/t14-,17?/m0/s1. The number of aryl methyl sites for hydroxylation is 1. The summed E-state index contributed by atoms with van der Waals surface area (Å²) in [4.78, 5) is 1.42. The Bertz CT molecular complexity index is 484. The van der Waals surface area contributed by atoms with Gasteiger partial charge in [-0.15, -0.1) is 11.3 Å². The average molecular weight is 273 g/mol. The molecular weight excluding hydrogens is 250 g/mol. The Morgan fingerprint density at radius 2 is 1.68 bits per heavy atom. The smallest absolute Gasteiger partial charge is 0.0442 e. The molecule has 1 aromatic heterocycles. The van der Waals surface area contributed by atoms with Crippen LogP contribution in [-0.2, 0) is 0 Å². The summed E-state index contributed by atoms with van der Waals surface area (Å²) >= 11 is 1.84. The third kappa shape index (κ3) is 3.68. The maximum atomic E-state index is 3.76. The van der Waals surface area contributed by atoms with Gasteiger partial charge in [0, 0.05) is 17.0 Å². The van der Waals surface area contributed by atoms with Crippen LogP contribution in [0.3, 0.4) is 0 Å². The van der Waals surface area contributed by atoms with Crippen LogP contribution in [0.25, 0.3) is 0 Å². The lowest BCUT2D eigenvalue weighted by molar-refractivity contribution is 0.379. The Labute approximate surface area is 120 Å². The summed E-state index contributed by atoms with van der Waals surface area (Å²) in [6.45, 7) is 8.93. The molecule has 0 bridgehead atoms. The molecule has 0 amide bonds. The first-order valence-electron chi connectivity index (χ1n) is 6.94. The van der Waals surface area contributed by atoms with Crippen LogP contribution in [0.15, 0.2) is 41.8 Å². The number of hydrogen-bond acceptors (Lipinski definition) is 2.